The van der Waals surface area contributed by atoms with E-state index in [4.69, 9.17) is 0 Å². The van der Waals surface area contributed by atoms with Crippen molar-refractivity contribution in [1.29, 1.82) is 0 Å². The Morgan fingerprint density at radius 1 is 0.339 bits per heavy atom. The molecule has 11 aromatic rings. The fourth-order valence-corrected chi connectivity index (χ4v) is 10.8. The summed E-state index contributed by atoms with van der Waals surface area (Å²) in [5, 5.41) is 6.21. The smallest absolute Gasteiger partial charge is 0.0555 e. The molecule has 0 radical (unpaired) electrons. The molecule has 0 spiro atoms. The van der Waals surface area contributed by atoms with Gasteiger partial charge in [0.15, 0.2) is 0 Å². The van der Waals surface area contributed by atoms with E-state index >= 15 is 0 Å². The minimum absolute atomic E-state index is 1.06. The molecular formula is C58H40N2S2. The van der Waals surface area contributed by atoms with Crippen LogP contribution >= 0.6 is 22.7 Å². The van der Waals surface area contributed by atoms with Crippen LogP contribution in [0, 0.1) is 0 Å². The lowest BCUT2D eigenvalue weighted by Gasteiger charge is -2.27. The van der Waals surface area contributed by atoms with Gasteiger partial charge in [0.25, 0.3) is 0 Å². The van der Waals surface area contributed by atoms with Crippen LogP contribution in [0.25, 0.3) is 84.6 Å². The molecule has 2 heterocycles. The molecule has 0 saturated carbocycles. The number of anilines is 3. The zero-order valence-corrected chi connectivity index (χ0v) is 35.4. The van der Waals surface area contributed by atoms with Crippen LogP contribution < -0.4 is 4.90 Å². The number of nitrogens with one attached hydrogen (secondary N) is 1. The summed E-state index contributed by atoms with van der Waals surface area (Å²) in [6, 6.07) is 83.4. The highest BCUT2D eigenvalue weighted by Gasteiger charge is 2.16. The lowest BCUT2D eigenvalue weighted by molar-refractivity contribution is 1.30. The number of aromatic nitrogens is 1. The lowest BCUT2D eigenvalue weighted by atomic mass is 10.0. The highest BCUT2D eigenvalue weighted by molar-refractivity contribution is 7.26. The minimum atomic E-state index is 1.06. The Morgan fingerprint density at radius 3 is 1.77 bits per heavy atom. The van der Waals surface area contributed by atoms with Gasteiger partial charge in [-0.05, 0) is 105 Å². The number of nitrogens with zero attached hydrogens (tertiary/aromatic N) is 1. The zero-order valence-electron chi connectivity index (χ0n) is 33.8. The number of hydrogen-bond donors (Lipinski definition) is 1. The summed E-state index contributed by atoms with van der Waals surface area (Å²) >= 11 is 3.67. The molecule has 62 heavy (non-hydrogen) atoms. The Balaban J connectivity index is 1.05. The summed E-state index contributed by atoms with van der Waals surface area (Å²) in [7, 11) is 0. The summed E-state index contributed by atoms with van der Waals surface area (Å²) in [5.41, 5.74) is 11.5. The molecule has 4 heteroatoms. The summed E-state index contributed by atoms with van der Waals surface area (Å²) in [5.74, 6) is 0. The van der Waals surface area contributed by atoms with E-state index in [1.807, 2.05) is 11.3 Å². The summed E-state index contributed by atoms with van der Waals surface area (Å²) < 4.78 is 4.95. The SMILES string of the molecule is c1ccc(-c2ccc3ccc(-c4cccc5c4sc4ccccc45)ccc[nH]c4ccc(-c5ccc(N(c6ccccc6)c6cccc7ccccc67)cc5)cc4sc3c2)cc1. The first-order valence-corrected chi connectivity index (χ1v) is 22.5. The molecule has 0 aliphatic carbocycles. The topological polar surface area (TPSA) is 19.0 Å². The van der Waals surface area contributed by atoms with Crippen molar-refractivity contribution < 1.29 is 0 Å². The van der Waals surface area contributed by atoms with Crippen molar-refractivity contribution in [2.24, 2.45) is 0 Å². The maximum absolute atomic E-state index is 3.67. The van der Waals surface area contributed by atoms with Crippen molar-refractivity contribution >= 4 is 91.0 Å². The highest BCUT2D eigenvalue weighted by Crippen LogP contribution is 2.41. The van der Waals surface area contributed by atoms with Crippen molar-refractivity contribution in [2.45, 2.75) is 0 Å². The third-order valence-electron chi connectivity index (χ3n) is 11.6. The molecule has 9 aromatic carbocycles. The van der Waals surface area contributed by atoms with Crippen molar-refractivity contribution in [3.05, 3.63) is 237 Å². The molecule has 11 rings (SSSR count). The minimum Gasteiger partial charge on any atom is -0.361 e. The first-order valence-electron chi connectivity index (χ1n) is 20.9. The Hall–Kier alpha value is -7.50. The van der Waals surface area contributed by atoms with Gasteiger partial charge in [-0.3, -0.25) is 0 Å². The molecule has 0 unspecified atom stereocenters. The van der Waals surface area contributed by atoms with Gasteiger partial charge in [0.1, 0.15) is 0 Å². The number of hydrogen-bond acceptors (Lipinski definition) is 3. The van der Waals surface area contributed by atoms with E-state index in [1.54, 1.807) is 11.3 Å². The standard InChI is InChI=1S/C58H40N2S2/c1-3-14-40(15-4-1)45-30-29-44-28-27-43(50-23-12-24-52-51-22-9-10-26-55(51)62-58(50)52)18-13-37-59-53-36-33-46(39-57(53)61-56(44)38-45)41-31-34-48(35-32-41)60(47-19-5-2-6-20-47)54-25-11-17-42-16-7-8-21-49(42)54/h1-39,59H. The summed E-state index contributed by atoms with van der Waals surface area (Å²) in [6.07, 6.45) is 2.06. The van der Waals surface area contributed by atoms with Gasteiger partial charge < -0.3 is 9.88 Å². The van der Waals surface area contributed by atoms with Gasteiger partial charge in [-0.15, -0.1) is 22.7 Å². The maximum atomic E-state index is 3.67. The molecule has 0 fully saturated rings. The van der Waals surface area contributed by atoms with Crippen molar-refractivity contribution in [2.75, 3.05) is 4.90 Å². The molecular weight excluding hydrogens is 789 g/mol. The average molecular weight is 829 g/mol. The molecule has 2 aromatic heterocycles. The Morgan fingerprint density at radius 2 is 0.935 bits per heavy atom. The number of thiophene rings is 1. The number of aromatic amines is 1. The second kappa shape index (κ2) is 16.5. The van der Waals surface area contributed by atoms with Crippen LogP contribution in [-0.2, 0) is 0 Å². The van der Waals surface area contributed by atoms with Crippen LogP contribution in [0.3, 0.4) is 0 Å². The molecule has 0 aliphatic heterocycles. The molecule has 0 bridgehead atoms. The molecule has 1 N–H and O–H groups in total. The van der Waals surface area contributed by atoms with Crippen molar-refractivity contribution in [3.8, 4) is 33.4 Å². The number of H-pyrrole nitrogens is 1. The Bertz CT molecular complexity index is 3520. The number of benzene rings is 9. The maximum Gasteiger partial charge on any atom is 0.0555 e. The molecule has 0 atom stereocenters. The van der Waals surface area contributed by atoms with Gasteiger partial charge in [0, 0.05) is 47.8 Å². The monoisotopic (exact) mass is 828 g/mol. The fraction of sp³-hybridized carbons (Fsp3) is 0. The number of rotatable bonds is 6. The molecule has 294 valence electrons. The number of para-hydroxylation sites is 1. The van der Waals surface area contributed by atoms with Crippen LogP contribution in [0.4, 0.5) is 17.1 Å². The van der Waals surface area contributed by atoms with Crippen molar-refractivity contribution in [3.63, 3.8) is 0 Å². The van der Waals surface area contributed by atoms with Crippen LogP contribution in [0.2, 0.25) is 0 Å². The molecule has 0 saturated heterocycles. The van der Waals surface area contributed by atoms with Gasteiger partial charge in [-0.25, -0.2) is 0 Å². The van der Waals surface area contributed by atoms with Gasteiger partial charge in [-0.2, -0.15) is 0 Å². The van der Waals surface area contributed by atoms with Gasteiger partial charge >= 0.3 is 0 Å². The van der Waals surface area contributed by atoms with E-state index in [-0.39, 0.29) is 0 Å². The predicted molar refractivity (Wildman–Crippen MR) is 270 cm³/mol. The second-order valence-corrected chi connectivity index (χ2v) is 17.5. The zero-order chi connectivity index (χ0) is 41.2. The first kappa shape index (κ1) is 37.5. The van der Waals surface area contributed by atoms with Crippen LogP contribution in [0.5, 0.6) is 0 Å². The number of fused-ring (bicyclic) bond motifs is 6. The van der Waals surface area contributed by atoms with Crippen molar-refractivity contribution in [1.82, 2.24) is 4.98 Å². The third kappa shape index (κ3) is 7.26. The largest absolute Gasteiger partial charge is 0.361 e. The van der Waals surface area contributed by atoms with E-state index in [1.165, 1.54) is 57.7 Å². The van der Waals surface area contributed by atoms with Gasteiger partial charge in [0.2, 0.25) is 0 Å². The van der Waals surface area contributed by atoms with Crippen LogP contribution in [0.15, 0.2) is 237 Å². The lowest BCUT2D eigenvalue weighted by Crippen LogP contribution is -2.10. The van der Waals surface area contributed by atoms with E-state index < -0.39 is 0 Å². The van der Waals surface area contributed by atoms with E-state index in [9.17, 15) is 0 Å². The fourth-order valence-electron chi connectivity index (χ4n) is 8.48. The third-order valence-corrected chi connectivity index (χ3v) is 13.9. The second-order valence-electron chi connectivity index (χ2n) is 15.4. The van der Waals surface area contributed by atoms with Gasteiger partial charge in [0.05, 0.1) is 15.9 Å². The highest BCUT2D eigenvalue weighted by atomic mass is 32.1. The molecule has 0 amide bonds. The Labute approximate surface area is 368 Å². The van der Waals surface area contributed by atoms with E-state index in [2.05, 4.69) is 247 Å². The van der Waals surface area contributed by atoms with E-state index in [0.29, 0.717) is 0 Å². The van der Waals surface area contributed by atoms with Gasteiger partial charge in [-0.1, -0.05) is 170 Å². The van der Waals surface area contributed by atoms with Crippen LogP contribution in [-0.4, -0.2) is 4.98 Å². The van der Waals surface area contributed by atoms with Crippen LogP contribution in [0.1, 0.15) is 0 Å². The molecule has 0 aliphatic rings. The Kier molecular flexibility index (Phi) is 9.99. The van der Waals surface area contributed by atoms with E-state index in [0.717, 1.165) is 44.0 Å². The first-order chi connectivity index (χ1) is 30.7. The average Bonchev–Trinajstić information content (AvgIpc) is 3.72. The quantitative estimate of drug-likeness (QED) is 0.177. The summed E-state index contributed by atoms with van der Waals surface area (Å²) in [4.78, 5) is 6.02. The molecule has 2 nitrogen and oxygen atoms in total. The normalized spacial score (nSPS) is 11.2. The predicted octanol–water partition coefficient (Wildman–Crippen LogP) is 17.6. The summed E-state index contributed by atoms with van der Waals surface area (Å²) in [6.45, 7) is 0.